The van der Waals surface area contributed by atoms with Crippen LogP contribution in [0.15, 0.2) is 67.0 Å². The Morgan fingerprint density at radius 2 is 1.80 bits per heavy atom. The smallest absolute Gasteiger partial charge is 0.334 e. The molecule has 0 radical (unpaired) electrons. The molecule has 2 aromatic carbocycles. The number of halogens is 3. The maximum absolute atomic E-state index is 13.4. The molecule has 0 spiro atoms. The van der Waals surface area contributed by atoms with E-state index in [1.165, 1.54) is 40.3 Å². The second-order valence-corrected chi connectivity index (χ2v) is 8.34. The third kappa shape index (κ3) is 4.23. The lowest BCUT2D eigenvalue weighted by molar-refractivity contribution is -0.137. The lowest BCUT2D eigenvalue weighted by atomic mass is 9.99. The highest BCUT2D eigenvalue weighted by atomic mass is 19.4. The standard InChI is InChI=1S/C25H19F3N4O3/c26-25(27,28)18-5-1-3-15(11-18)16-6-7-20-19(12-16)24(35)32-10-9-31(14-21(32)22(33)30-20)23(34)17-4-2-8-29-13-17/h1-8,11-13,21H,9-10,14H2,(H,30,33)/t21-/m1/s1. The zero-order valence-electron chi connectivity index (χ0n) is 18.2. The molecule has 0 saturated carbocycles. The Labute approximate surface area is 198 Å². The molecule has 2 aliphatic heterocycles. The number of piperazine rings is 1. The predicted octanol–water partition coefficient (Wildman–Crippen LogP) is 3.69. The second kappa shape index (κ2) is 8.53. The number of nitrogens with one attached hydrogen (secondary N) is 1. The van der Waals surface area contributed by atoms with Crippen molar-refractivity contribution in [2.45, 2.75) is 12.2 Å². The summed E-state index contributed by atoms with van der Waals surface area (Å²) in [6.45, 7) is 0.377. The molecular weight excluding hydrogens is 461 g/mol. The molecule has 1 fully saturated rings. The van der Waals surface area contributed by atoms with Crippen molar-refractivity contribution in [2.24, 2.45) is 0 Å². The number of hydrogen-bond donors (Lipinski definition) is 1. The van der Waals surface area contributed by atoms with E-state index >= 15 is 0 Å². The van der Waals surface area contributed by atoms with Crippen molar-refractivity contribution in [1.82, 2.24) is 14.8 Å². The second-order valence-electron chi connectivity index (χ2n) is 8.34. The third-order valence-electron chi connectivity index (χ3n) is 6.17. The van der Waals surface area contributed by atoms with Gasteiger partial charge in [0.2, 0.25) is 5.91 Å². The molecular formula is C25H19F3N4O3. The Morgan fingerprint density at radius 3 is 2.54 bits per heavy atom. The van der Waals surface area contributed by atoms with Crippen LogP contribution in [0.25, 0.3) is 11.1 Å². The fourth-order valence-electron chi connectivity index (χ4n) is 4.36. The SMILES string of the molecule is O=C1Nc2ccc(-c3cccc(C(F)(F)F)c3)cc2C(=O)N2CCN(C(=O)c3cccnc3)C[C@H]12. The number of nitrogens with zero attached hydrogens (tertiary/aromatic N) is 3. The van der Waals surface area contributed by atoms with Crippen LogP contribution in [0.5, 0.6) is 0 Å². The largest absolute Gasteiger partial charge is 0.416 e. The van der Waals surface area contributed by atoms with Gasteiger partial charge in [0.15, 0.2) is 0 Å². The third-order valence-corrected chi connectivity index (χ3v) is 6.17. The van der Waals surface area contributed by atoms with Crippen LogP contribution in [-0.4, -0.2) is 58.2 Å². The van der Waals surface area contributed by atoms with Gasteiger partial charge in [-0.25, -0.2) is 0 Å². The predicted molar refractivity (Wildman–Crippen MR) is 120 cm³/mol. The molecule has 2 aliphatic rings. The fourth-order valence-corrected chi connectivity index (χ4v) is 4.36. The van der Waals surface area contributed by atoms with Gasteiger partial charge < -0.3 is 15.1 Å². The van der Waals surface area contributed by atoms with E-state index in [2.05, 4.69) is 10.3 Å². The normalized spacial score (nSPS) is 17.9. The summed E-state index contributed by atoms with van der Waals surface area (Å²) in [7, 11) is 0. The van der Waals surface area contributed by atoms with E-state index in [1.807, 2.05) is 0 Å². The minimum absolute atomic E-state index is 0.0137. The first-order chi connectivity index (χ1) is 16.7. The van der Waals surface area contributed by atoms with Crippen molar-refractivity contribution in [3.63, 3.8) is 0 Å². The van der Waals surface area contributed by atoms with E-state index in [1.54, 1.807) is 24.4 Å². The van der Waals surface area contributed by atoms with Crippen LogP contribution in [0.3, 0.4) is 0 Å². The molecule has 0 bridgehead atoms. The van der Waals surface area contributed by atoms with Crippen molar-refractivity contribution in [1.29, 1.82) is 0 Å². The molecule has 178 valence electrons. The van der Waals surface area contributed by atoms with Gasteiger partial charge >= 0.3 is 6.18 Å². The maximum Gasteiger partial charge on any atom is 0.416 e. The Hall–Kier alpha value is -4.21. The Kier molecular flexibility index (Phi) is 5.50. The van der Waals surface area contributed by atoms with Crippen LogP contribution in [-0.2, 0) is 11.0 Å². The Bertz CT molecular complexity index is 1330. The number of anilines is 1. The number of pyridine rings is 1. The summed E-state index contributed by atoms with van der Waals surface area (Å²) < 4.78 is 39.5. The van der Waals surface area contributed by atoms with E-state index < -0.39 is 29.6 Å². The van der Waals surface area contributed by atoms with Crippen molar-refractivity contribution in [3.05, 3.63) is 83.7 Å². The number of amides is 3. The Balaban J connectivity index is 1.43. The van der Waals surface area contributed by atoms with Crippen LogP contribution < -0.4 is 5.32 Å². The fraction of sp³-hybridized carbons (Fsp3) is 0.200. The monoisotopic (exact) mass is 480 g/mol. The van der Waals surface area contributed by atoms with Gasteiger partial charge in [-0.3, -0.25) is 19.4 Å². The molecule has 1 aromatic heterocycles. The minimum atomic E-state index is -4.49. The first-order valence-electron chi connectivity index (χ1n) is 10.9. The van der Waals surface area contributed by atoms with Crippen LogP contribution in [0.2, 0.25) is 0 Å². The zero-order chi connectivity index (χ0) is 24.7. The number of carbonyl (C=O) groups excluding carboxylic acids is 3. The van der Waals surface area contributed by atoms with E-state index in [-0.39, 0.29) is 36.8 Å². The van der Waals surface area contributed by atoms with Crippen molar-refractivity contribution >= 4 is 23.4 Å². The molecule has 3 heterocycles. The summed E-state index contributed by atoms with van der Waals surface area (Å²) in [5.74, 6) is -1.15. The van der Waals surface area contributed by atoms with Gasteiger partial charge in [0.1, 0.15) is 6.04 Å². The number of hydrogen-bond acceptors (Lipinski definition) is 4. The number of aromatic nitrogens is 1. The first-order valence-corrected chi connectivity index (χ1v) is 10.9. The number of rotatable bonds is 2. The van der Waals surface area contributed by atoms with Gasteiger partial charge in [0.25, 0.3) is 11.8 Å². The number of fused-ring (bicyclic) bond motifs is 2. The molecule has 0 aliphatic carbocycles. The van der Waals surface area contributed by atoms with E-state index in [4.69, 9.17) is 0 Å². The van der Waals surface area contributed by atoms with Gasteiger partial charge in [0.05, 0.1) is 28.9 Å². The Morgan fingerprint density at radius 1 is 1.00 bits per heavy atom. The summed E-state index contributed by atoms with van der Waals surface area (Å²) in [6, 6.07) is 11.8. The van der Waals surface area contributed by atoms with Crippen LogP contribution in [0.4, 0.5) is 18.9 Å². The summed E-state index contributed by atoms with van der Waals surface area (Å²) >= 11 is 0. The van der Waals surface area contributed by atoms with Crippen LogP contribution >= 0.6 is 0 Å². The van der Waals surface area contributed by atoms with Gasteiger partial charge in [-0.1, -0.05) is 18.2 Å². The molecule has 35 heavy (non-hydrogen) atoms. The molecule has 10 heteroatoms. The molecule has 5 rings (SSSR count). The van der Waals surface area contributed by atoms with Gasteiger partial charge in [0, 0.05) is 25.5 Å². The highest BCUT2D eigenvalue weighted by Gasteiger charge is 2.40. The van der Waals surface area contributed by atoms with E-state index in [9.17, 15) is 27.6 Å². The topological polar surface area (TPSA) is 82.6 Å². The maximum atomic E-state index is 13.4. The summed E-state index contributed by atoms with van der Waals surface area (Å²) in [4.78, 5) is 46.1. The quantitative estimate of drug-likeness (QED) is 0.607. The van der Waals surface area contributed by atoms with Gasteiger partial charge in [-0.2, -0.15) is 13.2 Å². The molecule has 3 amide bonds. The average Bonchev–Trinajstić information content (AvgIpc) is 2.97. The van der Waals surface area contributed by atoms with Crippen molar-refractivity contribution < 1.29 is 27.6 Å². The van der Waals surface area contributed by atoms with Crippen LogP contribution in [0.1, 0.15) is 26.3 Å². The van der Waals surface area contributed by atoms with E-state index in [0.717, 1.165) is 12.1 Å². The zero-order valence-corrected chi connectivity index (χ0v) is 18.2. The van der Waals surface area contributed by atoms with Gasteiger partial charge in [-0.15, -0.1) is 0 Å². The molecule has 1 atom stereocenters. The van der Waals surface area contributed by atoms with Crippen molar-refractivity contribution in [3.8, 4) is 11.1 Å². The minimum Gasteiger partial charge on any atom is -0.334 e. The summed E-state index contributed by atoms with van der Waals surface area (Å²) in [6.07, 6.45) is -1.50. The number of carbonyl (C=O) groups is 3. The molecule has 7 nitrogen and oxygen atoms in total. The van der Waals surface area contributed by atoms with Crippen molar-refractivity contribution in [2.75, 3.05) is 25.0 Å². The molecule has 0 unspecified atom stereocenters. The highest BCUT2D eigenvalue weighted by Crippen LogP contribution is 2.34. The average molecular weight is 480 g/mol. The number of alkyl halides is 3. The molecule has 1 saturated heterocycles. The number of benzene rings is 2. The highest BCUT2D eigenvalue weighted by molar-refractivity contribution is 6.11. The van der Waals surface area contributed by atoms with Crippen LogP contribution in [0, 0.1) is 0 Å². The first kappa shape index (κ1) is 22.6. The van der Waals surface area contributed by atoms with E-state index in [0.29, 0.717) is 16.7 Å². The lowest BCUT2D eigenvalue weighted by Crippen LogP contribution is -2.59. The lowest BCUT2D eigenvalue weighted by Gasteiger charge is -2.39. The van der Waals surface area contributed by atoms with Gasteiger partial charge in [-0.05, 0) is 47.5 Å². The molecule has 1 N–H and O–H groups in total. The molecule has 3 aromatic rings. The summed E-state index contributed by atoms with van der Waals surface area (Å²) in [5.41, 5.74) is 0.767. The summed E-state index contributed by atoms with van der Waals surface area (Å²) in [5, 5.41) is 2.73.